The molecular weight excluding hydrogens is 291 g/mol. The molecule has 0 radical (unpaired) electrons. The number of aromatic hydroxyl groups is 1. The maximum atomic E-state index is 13.2. The van der Waals surface area contributed by atoms with Crippen LogP contribution in [-0.2, 0) is 0 Å². The molecule has 1 amide bonds. The van der Waals surface area contributed by atoms with E-state index in [0.717, 1.165) is 12.1 Å². The summed E-state index contributed by atoms with van der Waals surface area (Å²) in [5.41, 5.74) is 0.181. The highest BCUT2D eigenvalue weighted by molar-refractivity contribution is 5.95. The summed E-state index contributed by atoms with van der Waals surface area (Å²) >= 11 is 0. The average Bonchev–Trinajstić information content (AvgIpc) is 2.46. The summed E-state index contributed by atoms with van der Waals surface area (Å²) in [6, 6.07) is 8.66. The van der Waals surface area contributed by atoms with Gasteiger partial charge in [-0.2, -0.15) is 0 Å². The molecule has 2 rings (SSSR count). The van der Waals surface area contributed by atoms with Gasteiger partial charge in [0, 0.05) is 11.6 Å². The van der Waals surface area contributed by atoms with E-state index < -0.39 is 34.1 Å². The highest BCUT2D eigenvalue weighted by atomic mass is 19.1. The van der Waals surface area contributed by atoms with E-state index in [-0.39, 0.29) is 5.56 Å². The van der Waals surface area contributed by atoms with Crippen LogP contribution < -0.4 is 5.32 Å². The van der Waals surface area contributed by atoms with E-state index in [4.69, 9.17) is 0 Å². The van der Waals surface area contributed by atoms with Crippen molar-refractivity contribution >= 4 is 11.6 Å². The number of rotatable bonds is 4. The van der Waals surface area contributed by atoms with Crippen molar-refractivity contribution in [1.29, 1.82) is 0 Å². The number of amides is 1. The predicted molar refractivity (Wildman–Crippen MR) is 77.0 cm³/mol. The minimum absolute atomic E-state index is 0.0753. The number of carbonyl (C=O) groups excluding carboxylic acids is 1. The predicted octanol–water partition coefficient (Wildman–Crippen LogP) is 2.93. The van der Waals surface area contributed by atoms with Gasteiger partial charge in [-0.25, -0.2) is 4.39 Å². The lowest BCUT2D eigenvalue weighted by atomic mass is 10.1. The topological polar surface area (TPSA) is 92.5 Å². The zero-order chi connectivity index (χ0) is 16.3. The zero-order valence-corrected chi connectivity index (χ0v) is 11.6. The Kier molecular flexibility index (Phi) is 4.36. The number of carbonyl (C=O) groups is 1. The van der Waals surface area contributed by atoms with Gasteiger partial charge in [0.25, 0.3) is 5.91 Å². The Bertz CT molecular complexity index is 733. The first-order valence-electron chi connectivity index (χ1n) is 6.42. The van der Waals surface area contributed by atoms with Crippen LogP contribution in [0.4, 0.5) is 10.1 Å². The monoisotopic (exact) mass is 304 g/mol. The fraction of sp³-hybridized carbons (Fsp3) is 0.133. The van der Waals surface area contributed by atoms with E-state index in [1.807, 2.05) is 0 Å². The first-order chi connectivity index (χ1) is 10.4. The fourth-order valence-electron chi connectivity index (χ4n) is 1.96. The van der Waals surface area contributed by atoms with E-state index in [1.165, 1.54) is 24.3 Å². The Morgan fingerprint density at radius 3 is 2.64 bits per heavy atom. The Morgan fingerprint density at radius 1 is 1.32 bits per heavy atom. The van der Waals surface area contributed by atoms with Gasteiger partial charge < -0.3 is 10.4 Å². The third-order valence-electron chi connectivity index (χ3n) is 3.13. The molecule has 0 bridgehead atoms. The summed E-state index contributed by atoms with van der Waals surface area (Å²) in [6.45, 7) is 1.68. The zero-order valence-electron chi connectivity index (χ0n) is 11.6. The molecule has 6 nitrogen and oxygen atoms in total. The summed E-state index contributed by atoms with van der Waals surface area (Å²) in [5, 5.41) is 22.8. The maximum Gasteiger partial charge on any atom is 0.310 e. The third kappa shape index (κ3) is 3.38. The van der Waals surface area contributed by atoms with Gasteiger partial charge in [-0.05, 0) is 36.8 Å². The quantitative estimate of drug-likeness (QED) is 0.671. The van der Waals surface area contributed by atoms with Crippen LogP contribution >= 0.6 is 0 Å². The highest BCUT2D eigenvalue weighted by Gasteiger charge is 2.17. The molecule has 7 heteroatoms. The fourth-order valence-corrected chi connectivity index (χ4v) is 1.96. The van der Waals surface area contributed by atoms with Crippen molar-refractivity contribution in [2.45, 2.75) is 13.0 Å². The summed E-state index contributed by atoms with van der Waals surface area (Å²) in [5.74, 6) is -1.52. The largest absolute Gasteiger partial charge is 0.502 e. The molecule has 114 valence electrons. The van der Waals surface area contributed by atoms with Crippen molar-refractivity contribution in [2.75, 3.05) is 0 Å². The Labute approximate surface area is 125 Å². The number of nitro benzene ring substituents is 1. The van der Waals surface area contributed by atoms with Crippen LogP contribution in [0, 0.1) is 15.9 Å². The van der Waals surface area contributed by atoms with E-state index >= 15 is 0 Å². The summed E-state index contributed by atoms with van der Waals surface area (Å²) < 4.78 is 13.2. The summed E-state index contributed by atoms with van der Waals surface area (Å²) in [6.07, 6.45) is 0. The van der Waals surface area contributed by atoms with E-state index in [9.17, 15) is 24.4 Å². The van der Waals surface area contributed by atoms with Gasteiger partial charge in [-0.15, -0.1) is 0 Å². The second kappa shape index (κ2) is 6.21. The molecule has 0 aliphatic heterocycles. The lowest BCUT2D eigenvalue weighted by molar-refractivity contribution is -0.385. The van der Waals surface area contributed by atoms with E-state index in [1.54, 1.807) is 13.0 Å². The van der Waals surface area contributed by atoms with Gasteiger partial charge in [-0.3, -0.25) is 14.9 Å². The molecule has 2 aromatic rings. The van der Waals surface area contributed by atoms with Crippen molar-refractivity contribution in [3.05, 3.63) is 69.5 Å². The first kappa shape index (κ1) is 15.4. The lowest BCUT2D eigenvalue weighted by Gasteiger charge is -2.14. The number of halogens is 1. The lowest BCUT2D eigenvalue weighted by Crippen LogP contribution is -2.26. The molecule has 2 aromatic carbocycles. The molecule has 0 spiro atoms. The van der Waals surface area contributed by atoms with Crippen molar-refractivity contribution in [3.63, 3.8) is 0 Å². The van der Waals surface area contributed by atoms with Crippen molar-refractivity contribution in [1.82, 2.24) is 5.32 Å². The number of nitro groups is 1. The van der Waals surface area contributed by atoms with Gasteiger partial charge in [-0.1, -0.05) is 12.1 Å². The van der Waals surface area contributed by atoms with Crippen molar-refractivity contribution in [2.24, 2.45) is 0 Å². The van der Waals surface area contributed by atoms with Crippen LogP contribution in [0.2, 0.25) is 0 Å². The maximum absolute atomic E-state index is 13.2. The van der Waals surface area contributed by atoms with Crippen molar-refractivity contribution < 1.29 is 19.2 Å². The second-order valence-corrected chi connectivity index (χ2v) is 4.71. The Morgan fingerprint density at radius 2 is 2.05 bits per heavy atom. The van der Waals surface area contributed by atoms with Crippen LogP contribution in [0.3, 0.4) is 0 Å². The van der Waals surface area contributed by atoms with Gasteiger partial charge >= 0.3 is 5.69 Å². The third-order valence-corrected chi connectivity index (χ3v) is 3.13. The smallest absolute Gasteiger partial charge is 0.310 e. The molecule has 0 aliphatic carbocycles. The van der Waals surface area contributed by atoms with Gasteiger partial charge in [0.15, 0.2) is 5.75 Å². The van der Waals surface area contributed by atoms with Crippen LogP contribution in [0.5, 0.6) is 5.75 Å². The molecule has 22 heavy (non-hydrogen) atoms. The van der Waals surface area contributed by atoms with Crippen LogP contribution in [0.25, 0.3) is 0 Å². The molecule has 1 unspecified atom stereocenters. The number of nitrogens with zero attached hydrogens (tertiary/aromatic N) is 1. The number of phenols is 1. The first-order valence-corrected chi connectivity index (χ1v) is 6.42. The van der Waals surface area contributed by atoms with Gasteiger partial charge in [0.2, 0.25) is 0 Å². The molecule has 0 saturated heterocycles. The average molecular weight is 304 g/mol. The van der Waals surface area contributed by atoms with E-state index in [0.29, 0.717) is 5.56 Å². The minimum atomic E-state index is -0.744. The normalized spacial score (nSPS) is 11.7. The number of hydrogen-bond acceptors (Lipinski definition) is 4. The highest BCUT2D eigenvalue weighted by Crippen LogP contribution is 2.26. The number of hydrogen-bond donors (Lipinski definition) is 2. The summed E-state index contributed by atoms with van der Waals surface area (Å²) in [4.78, 5) is 21.9. The molecular formula is C15H13FN2O4. The molecule has 0 aliphatic rings. The minimum Gasteiger partial charge on any atom is -0.502 e. The van der Waals surface area contributed by atoms with Gasteiger partial charge in [0.05, 0.1) is 11.0 Å². The summed E-state index contributed by atoms with van der Waals surface area (Å²) in [7, 11) is 0. The molecule has 1 atom stereocenters. The standard InChI is InChI=1S/C15H13FN2O4/c1-9(10-3-2-4-12(16)7-10)17-15(20)11-5-6-13(18(21)22)14(19)8-11/h2-9,19H,1H3,(H,17,20). The van der Waals surface area contributed by atoms with E-state index in [2.05, 4.69) is 5.32 Å². The van der Waals surface area contributed by atoms with Crippen LogP contribution in [0.15, 0.2) is 42.5 Å². The Balaban J connectivity index is 2.15. The van der Waals surface area contributed by atoms with Crippen LogP contribution in [0.1, 0.15) is 28.9 Å². The van der Waals surface area contributed by atoms with Crippen LogP contribution in [-0.4, -0.2) is 15.9 Å². The molecule has 0 heterocycles. The molecule has 0 fully saturated rings. The molecule has 2 N–H and O–H groups in total. The Hall–Kier alpha value is -2.96. The number of phenolic OH excluding ortho intramolecular Hbond substituents is 1. The van der Waals surface area contributed by atoms with Crippen molar-refractivity contribution in [3.8, 4) is 5.75 Å². The second-order valence-electron chi connectivity index (χ2n) is 4.71. The molecule has 0 saturated carbocycles. The number of nitrogens with one attached hydrogen (secondary N) is 1. The number of benzene rings is 2. The molecule has 0 aromatic heterocycles. The SMILES string of the molecule is CC(NC(=O)c1ccc([N+](=O)[O-])c(O)c1)c1cccc(F)c1. The van der Waals surface area contributed by atoms with Gasteiger partial charge in [0.1, 0.15) is 5.82 Å².